The molecule has 1 aliphatic rings. The summed E-state index contributed by atoms with van der Waals surface area (Å²) in [6, 6.07) is 5.09. The number of benzene rings is 1. The van der Waals surface area contributed by atoms with Crippen LogP contribution in [0.2, 0.25) is 0 Å². The number of nitrogens with one attached hydrogen (secondary N) is 1. The number of fused-ring (bicyclic) bond motifs is 1. The first-order valence-electron chi connectivity index (χ1n) is 6.06. The van der Waals surface area contributed by atoms with Gasteiger partial charge in [0.1, 0.15) is 0 Å². The molecule has 1 aliphatic carbocycles. The van der Waals surface area contributed by atoms with Crippen molar-refractivity contribution < 1.29 is 9.90 Å². The molecule has 1 aromatic carbocycles. The van der Waals surface area contributed by atoms with Crippen LogP contribution in [0.4, 0.5) is 0 Å². The number of carbonyl (C=O) groups is 1. The van der Waals surface area contributed by atoms with Gasteiger partial charge in [0.25, 0.3) is 0 Å². The molecule has 0 spiro atoms. The molecule has 94 valence electrons. The Morgan fingerprint density at radius 1 is 1.50 bits per heavy atom. The topological polar surface area (TPSA) is 75.1 Å². The van der Waals surface area contributed by atoms with E-state index in [1.165, 1.54) is 6.07 Å². The van der Waals surface area contributed by atoms with E-state index in [1.54, 1.807) is 16.7 Å². The molecule has 1 saturated carbocycles. The Morgan fingerprint density at radius 3 is 2.83 bits per heavy atom. The van der Waals surface area contributed by atoms with Gasteiger partial charge in [-0.1, -0.05) is 6.07 Å². The lowest BCUT2D eigenvalue weighted by Crippen LogP contribution is -2.21. The molecule has 1 aromatic heterocycles. The molecule has 0 amide bonds. The summed E-state index contributed by atoms with van der Waals surface area (Å²) in [5.74, 6) is -0.483. The van der Waals surface area contributed by atoms with Crippen molar-refractivity contribution in [2.75, 3.05) is 0 Å². The van der Waals surface area contributed by atoms with E-state index in [0.29, 0.717) is 17.0 Å². The summed E-state index contributed by atoms with van der Waals surface area (Å²) >= 11 is 0. The molecular formula is C13H14N2O3. The molecular weight excluding hydrogens is 232 g/mol. The van der Waals surface area contributed by atoms with E-state index < -0.39 is 5.97 Å². The summed E-state index contributed by atoms with van der Waals surface area (Å²) in [4.78, 5) is 25.8. The van der Waals surface area contributed by atoms with E-state index in [4.69, 9.17) is 5.11 Å². The number of imidazole rings is 1. The van der Waals surface area contributed by atoms with Crippen molar-refractivity contribution in [1.29, 1.82) is 0 Å². The van der Waals surface area contributed by atoms with Gasteiger partial charge in [0.15, 0.2) is 0 Å². The van der Waals surface area contributed by atoms with Gasteiger partial charge in [-0.05, 0) is 37.8 Å². The molecule has 1 unspecified atom stereocenters. The Kier molecular flexibility index (Phi) is 2.29. The molecule has 0 saturated heterocycles. The minimum Gasteiger partial charge on any atom is -0.478 e. The Hall–Kier alpha value is -2.04. The lowest BCUT2D eigenvalue weighted by Gasteiger charge is -2.12. The third-order valence-electron chi connectivity index (χ3n) is 3.69. The van der Waals surface area contributed by atoms with Gasteiger partial charge in [0.05, 0.1) is 16.6 Å². The number of aromatic nitrogens is 2. The summed E-state index contributed by atoms with van der Waals surface area (Å²) in [7, 11) is 0. The van der Waals surface area contributed by atoms with E-state index in [1.807, 2.05) is 6.92 Å². The largest absolute Gasteiger partial charge is 0.478 e. The zero-order valence-electron chi connectivity index (χ0n) is 10.0. The summed E-state index contributed by atoms with van der Waals surface area (Å²) in [6.45, 7) is 2.01. The highest BCUT2D eigenvalue weighted by Gasteiger charge is 2.31. The second-order valence-corrected chi connectivity index (χ2v) is 4.88. The highest BCUT2D eigenvalue weighted by Crippen LogP contribution is 2.39. The standard InChI is InChI=1S/C13H14N2O3/c1-7(8-5-6-8)15-10-4-2-3-9(12(16)17)11(10)14-13(15)18/h2-4,7-8H,5-6H2,1H3,(H,14,18)(H,16,17). The predicted molar refractivity (Wildman–Crippen MR) is 67.0 cm³/mol. The predicted octanol–water partition coefficient (Wildman–Crippen LogP) is 2.00. The maximum Gasteiger partial charge on any atom is 0.337 e. The molecule has 18 heavy (non-hydrogen) atoms. The second-order valence-electron chi connectivity index (χ2n) is 4.88. The molecule has 1 atom stereocenters. The fraction of sp³-hybridized carbons (Fsp3) is 0.385. The number of H-pyrrole nitrogens is 1. The summed E-state index contributed by atoms with van der Waals surface area (Å²) < 4.78 is 1.68. The van der Waals surface area contributed by atoms with Crippen LogP contribution >= 0.6 is 0 Å². The molecule has 1 heterocycles. The van der Waals surface area contributed by atoms with Gasteiger partial charge in [-0.3, -0.25) is 4.57 Å². The van der Waals surface area contributed by atoms with Gasteiger partial charge in [0.2, 0.25) is 0 Å². The number of rotatable bonds is 3. The van der Waals surface area contributed by atoms with Gasteiger partial charge in [-0.25, -0.2) is 9.59 Å². The number of hydrogen-bond acceptors (Lipinski definition) is 2. The third kappa shape index (κ3) is 1.54. The second kappa shape index (κ2) is 3.73. The first kappa shape index (κ1) is 11.1. The number of para-hydroxylation sites is 1. The minimum absolute atomic E-state index is 0.121. The average Bonchev–Trinajstić information content (AvgIpc) is 3.10. The van der Waals surface area contributed by atoms with Crippen molar-refractivity contribution in [3.05, 3.63) is 34.2 Å². The van der Waals surface area contributed by atoms with Crippen LogP contribution in [0.3, 0.4) is 0 Å². The van der Waals surface area contributed by atoms with Gasteiger partial charge in [0, 0.05) is 6.04 Å². The maximum absolute atomic E-state index is 12.0. The fourth-order valence-electron chi connectivity index (χ4n) is 2.52. The van der Waals surface area contributed by atoms with Crippen LogP contribution in [0.5, 0.6) is 0 Å². The molecule has 5 nitrogen and oxygen atoms in total. The van der Waals surface area contributed by atoms with Crippen LogP contribution in [-0.4, -0.2) is 20.6 Å². The van der Waals surface area contributed by atoms with Crippen LogP contribution in [0.1, 0.15) is 36.2 Å². The van der Waals surface area contributed by atoms with Gasteiger partial charge >= 0.3 is 11.7 Å². The van der Waals surface area contributed by atoms with E-state index in [0.717, 1.165) is 12.8 Å². The Morgan fingerprint density at radius 2 is 2.22 bits per heavy atom. The fourth-order valence-corrected chi connectivity index (χ4v) is 2.52. The van der Waals surface area contributed by atoms with Gasteiger partial charge in [-0.15, -0.1) is 0 Å². The molecule has 1 fully saturated rings. The minimum atomic E-state index is -1.02. The van der Waals surface area contributed by atoms with Crippen LogP contribution in [0.15, 0.2) is 23.0 Å². The SMILES string of the molecule is CC(C1CC1)n1c(=O)[nH]c2c(C(=O)O)cccc21. The molecule has 0 aliphatic heterocycles. The highest BCUT2D eigenvalue weighted by atomic mass is 16.4. The first-order valence-corrected chi connectivity index (χ1v) is 6.06. The highest BCUT2D eigenvalue weighted by molar-refractivity contribution is 6.00. The Labute approximate surface area is 103 Å². The normalized spacial score (nSPS) is 16.9. The van der Waals surface area contributed by atoms with E-state index in [2.05, 4.69) is 4.98 Å². The van der Waals surface area contributed by atoms with Crippen molar-refractivity contribution in [2.45, 2.75) is 25.8 Å². The molecule has 0 radical (unpaired) electrons. The van der Waals surface area contributed by atoms with Crippen molar-refractivity contribution in [1.82, 2.24) is 9.55 Å². The number of nitrogens with zero attached hydrogens (tertiary/aromatic N) is 1. The lowest BCUT2D eigenvalue weighted by molar-refractivity contribution is 0.0699. The van der Waals surface area contributed by atoms with E-state index in [9.17, 15) is 9.59 Å². The number of aromatic carboxylic acids is 1. The van der Waals surface area contributed by atoms with Gasteiger partial charge < -0.3 is 10.1 Å². The smallest absolute Gasteiger partial charge is 0.337 e. The van der Waals surface area contributed by atoms with Crippen LogP contribution in [0, 0.1) is 5.92 Å². The van der Waals surface area contributed by atoms with Crippen molar-refractivity contribution in [3.63, 3.8) is 0 Å². The average molecular weight is 246 g/mol. The summed E-state index contributed by atoms with van der Waals surface area (Å²) in [5.41, 5.74) is 1.02. The van der Waals surface area contributed by atoms with Crippen molar-refractivity contribution >= 4 is 17.0 Å². The quantitative estimate of drug-likeness (QED) is 0.869. The molecule has 0 bridgehead atoms. The first-order chi connectivity index (χ1) is 8.59. The number of aromatic amines is 1. The van der Waals surface area contributed by atoms with Crippen LogP contribution in [0.25, 0.3) is 11.0 Å². The Bertz CT molecular complexity index is 679. The van der Waals surface area contributed by atoms with E-state index in [-0.39, 0.29) is 17.3 Å². The van der Waals surface area contributed by atoms with Crippen LogP contribution < -0.4 is 5.69 Å². The maximum atomic E-state index is 12.0. The van der Waals surface area contributed by atoms with Crippen LogP contribution in [-0.2, 0) is 0 Å². The number of hydrogen-bond donors (Lipinski definition) is 2. The molecule has 2 N–H and O–H groups in total. The zero-order chi connectivity index (χ0) is 12.9. The van der Waals surface area contributed by atoms with Crippen molar-refractivity contribution in [3.8, 4) is 0 Å². The zero-order valence-corrected chi connectivity index (χ0v) is 10.0. The summed E-state index contributed by atoms with van der Waals surface area (Å²) in [6.07, 6.45) is 2.28. The Balaban J connectivity index is 2.26. The van der Waals surface area contributed by atoms with Gasteiger partial charge in [-0.2, -0.15) is 0 Å². The molecule has 3 rings (SSSR count). The molecule has 2 aromatic rings. The monoisotopic (exact) mass is 246 g/mol. The number of carboxylic acid groups (broad SMARTS) is 1. The lowest BCUT2D eigenvalue weighted by atomic mass is 10.1. The molecule has 5 heteroatoms. The van der Waals surface area contributed by atoms with Crippen molar-refractivity contribution in [2.24, 2.45) is 5.92 Å². The third-order valence-corrected chi connectivity index (χ3v) is 3.69. The number of carboxylic acids is 1. The van der Waals surface area contributed by atoms with E-state index >= 15 is 0 Å². The summed E-state index contributed by atoms with van der Waals surface area (Å²) in [5, 5.41) is 9.11.